The van der Waals surface area contributed by atoms with Crippen molar-refractivity contribution in [3.63, 3.8) is 0 Å². The van der Waals surface area contributed by atoms with Crippen LogP contribution < -0.4 is 27.4 Å². The van der Waals surface area contributed by atoms with Crippen LogP contribution in [0.25, 0.3) is 132 Å². The quantitative estimate of drug-likeness (QED) is 0.0969. The molecule has 143 heavy (non-hydrogen) atoms. The first-order valence-electron chi connectivity index (χ1n) is 55.1. The molecule has 18 aromatic rings. The number of pyridine rings is 6. The average molecular weight is 1890 g/mol. The summed E-state index contributed by atoms with van der Waals surface area (Å²) in [7, 11) is 12.8. The van der Waals surface area contributed by atoms with Crippen molar-refractivity contribution in [2.24, 2.45) is 48.2 Å². The van der Waals surface area contributed by atoms with Crippen molar-refractivity contribution in [3.05, 3.63) is 390 Å². The zero-order valence-corrected chi connectivity index (χ0v) is 91.0. The SMILES string of the molecule is CCCc1ccc2c(-c3ccccc3C)[n+](C)ccc2c1.Cc1cc(C)c(C)c(-c2c3ccc(C(C)C)cc3cc[n+]2C)c1.Cc1cc(C)c(C)c(-c2c3ccc(C4CCCC4)cc3cc[n+]2C)c1.Cc1cc(C)c(C)c(-c2c3ccc(C4CCCC4)cc3cc[n+]2C)c1.Cc1cc(C)c(C)c(-c2c3ccc(CC4CCCC4)cc3cc[n+]2C)c1.[2H]C([2H])([2H])C([2H])(C)c1ccc2c(-c3cc(C)cc(C)c3C)[n+](C)ccc2c1. The van der Waals surface area contributed by atoms with Crippen molar-refractivity contribution in [3.8, 4) is 67.5 Å². The molecule has 6 nitrogen and oxygen atoms in total. The van der Waals surface area contributed by atoms with Gasteiger partial charge in [0.2, 0.25) is 34.2 Å². The maximum absolute atomic E-state index is 8.38. The van der Waals surface area contributed by atoms with E-state index in [1.807, 2.05) is 31.4 Å². The van der Waals surface area contributed by atoms with Gasteiger partial charge in [-0.25, -0.2) is 27.4 Å². The van der Waals surface area contributed by atoms with Crippen molar-refractivity contribution in [2.45, 2.75) is 265 Å². The van der Waals surface area contributed by atoms with E-state index in [2.05, 4.69) is 431 Å². The third kappa shape index (κ3) is 22.9. The van der Waals surface area contributed by atoms with Crippen molar-refractivity contribution in [1.29, 1.82) is 0 Å². The largest absolute Gasteiger partial charge is 0.220 e. The highest BCUT2D eigenvalue weighted by Gasteiger charge is 2.29. The van der Waals surface area contributed by atoms with E-state index < -0.39 is 12.7 Å². The fourth-order valence-electron chi connectivity index (χ4n) is 23.4. The van der Waals surface area contributed by atoms with Gasteiger partial charge in [0, 0.05) is 47.4 Å². The zero-order chi connectivity index (χ0) is 105. The van der Waals surface area contributed by atoms with Crippen LogP contribution in [0.15, 0.2) is 268 Å². The van der Waals surface area contributed by atoms with Gasteiger partial charge < -0.3 is 0 Å². The number of aryl methyl sites for hydroxylation is 18. The molecule has 3 saturated carbocycles. The summed E-state index contributed by atoms with van der Waals surface area (Å²) >= 11 is 0. The second-order valence-electron chi connectivity index (χ2n) is 43.3. The zero-order valence-electron chi connectivity index (χ0n) is 95.0. The summed E-state index contributed by atoms with van der Waals surface area (Å²) in [5.41, 5.74) is 44.8. The van der Waals surface area contributed by atoms with Gasteiger partial charge in [0.25, 0.3) is 0 Å². The molecule has 0 saturated heterocycles. The molecule has 0 spiro atoms. The van der Waals surface area contributed by atoms with Crippen LogP contribution in [0, 0.1) is 117 Å². The number of hydrogen-bond acceptors (Lipinski definition) is 0. The Morgan fingerprint density at radius 3 is 0.888 bits per heavy atom. The van der Waals surface area contributed by atoms with E-state index in [0.29, 0.717) is 11.5 Å². The molecular formula is C137H160N6+6. The maximum Gasteiger partial charge on any atom is 0.220 e. The van der Waals surface area contributed by atoms with Crippen molar-refractivity contribution in [2.75, 3.05) is 0 Å². The molecule has 0 N–H and O–H groups in total. The highest BCUT2D eigenvalue weighted by molar-refractivity contribution is 6.00. The minimum absolute atomic E-state index is 0.506. The normalized spacial score (nSPS) is 14.3. The van der Waals surface area contributed by atoms with E-state index in [4.69, 9.17) is 5.48 Å². The molecule has 6 aromatic heterocycles. The standard InChI is InChI=1S/C25H30N.2C24H28N.2C22H26N.C20H22N/c1-17-13-18(2)19(3)24(14-17)25-23-10-9-21(15-20-7-5-6-8-20)16-22(23)11-12-26(25)4;2*1-16-13-17(2)18(3)23(14-16)24-22-10-9-20(19-7-5-6-8-19)15-21(22)11-12-25(24)4;2*1-14(2)18-7-8-20-19(13-18)9-10-23(6)22(20)21-12-15(3)11-16(4)17(21)5;1-4-7-16-10-11-19-17(14-16)12-13-21(3)20(19)18-9-6-5-8-15(18)2/h9-14,16,20H,5-8,15H2,1-4H3;2*9-15,19H,5-8H2,1-4H3;2*7-14H,1-6H3;5-6,8-14H,4,7H2,1-3H3/q6*+1/i;;;1D3,14D;;. The lowest BCUT2D eigenvalue weighted by molar-refractivity contribution is -0.659. The Balaban J connectivity index is 0.000000126. The second-order valence-corrected chi connectivity index (χ2v) is 43.3. The molecule has 3 aliphatic carbocycles. The molecular weight excluding hydrogens is 1730 g/mol. The molecule has 0 radical (unpaired) electrons. The summed E-state index contributed by atoms with van der Waals surface area (Å²) in [5, 5.41) is 15.5. The Bertz CT molecular complexity index is 7830. The first kappa shape index (κ1) is 97.5. The minimum Gasteiger partial charge on any atom is -0.200 e. The maximum atomic E-state index is 8.38. The fraction of sp³-hybridized carbons (Fsp3) is 0.343. The summed E-state index contributed by atoms with van der Waals surface area (Å²) in [5.74, 6) is 1.34. The topological polar surface area (TPSA) is 23.3 Å². The van der Waals surface area contributed by atoms with E-state index in [1.165, 1.54) is 329 Å². The lowest BCUT2D eigenvalue weighted by Gasteiger charge is -2.14. The monoisotopic (exact) mass is 1890 g/mol. The highest BCUT2D eigenvalue weighted by atomic mass is 14.9. The van der Waals surface area contributed by atoms with Gasteiger partial charge in [-0.3, -0.25) is 0 Å². The van der Waals surface area contributed by atoms with Gasteiger partial charge in [0.05, 0.1) is 60.1 Å². The first-order valence-corrected chi connectivity index (χ1v) is 53.1. The number of benzene rings is 12. The fourth-order valence-corrected chi connectivity index (χ4v) is 23.4. The van der Waals surface area contributed by atoms with Gasteiger partial charge in [-0.05, 0) is 379 Å². The van der Waals surface area contributed by atoms with E-state index >= 15 is 0 Å². The Kier molecular flexibility index (Phi) is 30.7. The second kappa shape index (κ2) is 44.9. The Hall–Kier alpha value is -12.9. The van der Waals surface area contributed by atoms with Crippen molar-refractivity contribution >= 4 is 64.6 Å². The molecule has 0 amide bonds. The van der Waals surface area contributed by atoms with E-state index in [9.17, 15) is 0 Å². The number of hydrogen-bond donors (Lipinski definition) is 0. The van der Waals surface area contributed by atoms with Crippen LogP contribution in [-0.4, -0.2) is 0 Å². The molecule has 1 atom stereocenters. The van der Waals surface area contributed by atoms with Gasteiger partial charge in [-0.15, -0.1) is 0 Å². The molecule has 3 aliphatic rings. The van der Waals surface area contributed by atoms with Gasteiger partial charge in [0.15, 0.2) is 37.2 Å². The number of rotatable bonds is 14. The third-order valence-corrected chi connectivity index (χ3v) is 32.0. The number of fused-ring (bicyclic) bond motifs is 6. The number of nitrogens with zero attached hydrogens (tertiary/aromatic N) is 6. The Labute approximate surface area is 863 Å². The van der Waals surface area contributed by atoms with Crippen LogP contribution in [0.1, 0.15) is 270 Å². The van der Waals surface area contributed by atoms with Crippen LogP contribution >= 0.6 is 0 Å². The van der Waals surface area contributed by atoms with E-state index in [0.717, 1.165) is 40.6 Å². The third-order valence-electron chi connectivity index (χ3n) is 32.0. The van der Waals surface area contributed by atoms with Crippen molar-refractivity contribution < 1.29 is 32.9 Å². The highest BCUT2D eigenvalue weighted by Crippen LogP contribution is 2.43. The minimum atomic E-state index is -2.38. The van der Waals surface area contributed by atoms with Crippen LogP contribution in [0.3, 0.4) is 0 Å². The smallest absolute Gasteiger partial charge is 0.200 e. The van der Waals surface area contributed by atoms with Crippen LogP contribution in [0.2, 0.25) is 0 Å². The van der Waals surface area contributed by atoms with Gasteiger partial charge >= 0.3 is 0 Å². The molecule has 12 aromatic carbocycles. The molecule has 6 heterocycles. The summed E-state index contributed by atoms with van der Waals surface area (Å²) in [4.78, 5) is 0. The predicted octanol–water partition coefficient (Wildman–Crippen LogP) is 33.2. The first-order chi connectivity index (χ1) is 70.1. The van der Waals surface area contributed by atoms with Gasteiger partial charge in [-0.2, -0.15) is 0 Å². The van der Waals surface area contributed by atoms with Crippen LogP contribution in [0.4, 0.5) is 0 Å². The van der Waals surface area contributed by atoms with Crippen LogP contribution in [-0.2, 0) is 55.1 Å². The molecule has 732 valence electrons. The molecule has 0 bridgehead atoms. The molecule has 0 aliphatic heterocycles. The molecule has 3 fully saturated rings. The van der Waals surface area contributed by atoms with E-state index in [1.54, 1.807) is 6.07 Å². The van der Waals surface area contributed by atoms with E-state index in [-0.39, 0.29) is 0 Å². The summed E-state index contributed by atoms with van der Waals surface area (Å²) in [6.07, 6.45) is 33.2. The van der Waals surface area contributed by atoms with Gasteiger partial charge in [0.1, 0.15) is 42.3 Å². The summed E-state index contributed by atoms with van der Waals surface area (Å²) < 4.78 is 44.9. The lowest BCUT2D eigenvalue weighted by atomic mass is 9.92. The summed E-state index contributed by atoms with van der Waals surface area (Å²) in [6.45, 7) is 40.9. The molecule has 21 rings (SSSR count). The predicted molar refractivity (Wildman–Crippen MR) is 609 cm³/mol. The van der Waals surface area contributed by atoms with Crippen LogP contribution in [0.5, 0.6) is 0 Å². The Morgan fingerprint density at radius 2 is 0.559 bits per heavy atom. The lowest BCUT2D eigenvalue weighted by Crippen LogP contribution is -2.30. The molecule has 6 heteroatoms. The number of aromatic nitrogens is 6. The van der Waals surface area contributed by atoms with Crippen molar-refractivity contribution in [1.82, 2.24) is 0 Å². The molecule has 1 unspecified atom stereocenters. The summed E-state index contributed by atoms with van der Waals surface area (Å²) in [6, 6.07) is 85.5. The average Bonchev–Trinajstić information content (AvgIpc) is 1.58. The Morgan fingerprint density at radius 1 is 0.280 bits per heavy atom. The van der Waals surface area contributed by atoms with Gasteiger partial charge in [-0.1, -0.05) is 241 Å².